The number of hydrogen-bond acceptors (Lipinski definition) is 5. The summed E-state index contributed by atoms with van der Waals surface area (Å²) in [5.41, 5.74) is 4.49. The van der Waals surface area contributed by atoms with Crippen LogP contribution < -0.4 is 4.90 Å². The molecular weight excluding hydrogens is 402 g/mol. The van der Waals surface area contributed by atoms with Crippen LogP contribution in [0.15, 0.2) is 79.0 Å². The zero-order valence-corrected chi connectivity index (χ0v) is 17.9. The van der Waals surface area contributed by atoms with Gasteiger partial charge in [-0.3, -0.25) is 4.79 Å². The Kier molecular flexibility index (Phi) is 5.85. The number of nitrogens with zero attached hydrogens (tertiary/aromatic N) is 3. The number of aryl methyl sites for hydroxylation is 2. The van der Waals surface area contributed by atoms with Crippen molar-refractivity contribution in [3.05, 3.63) is 102 Å². The molecule has 0 bridgehead atoms. The first kappa shape index (κ1) is 21.1. The van der Waals surface area contributed by atoms with Crippen LogP contribution in [0.1, 0.15) is 27.3 Å². The van der Waals surface area contributed by atoms with E-state index < -0.39 is 0 Å². The fourth-order valence-corrected chi connectivity index (χ4v) is 3.51. The van der Waals surface area contributed by atoms with Crippen molar-refractivity contribution >= 4 is 11.6 Å². The minimum atomic E-state index is -0.367. The molecule has 4 rings (SSSR count). The minimum absolute atomic E-state index is 0.103. The lowest BCUT2D eigenvalue weighted by molar-refractivity contribution is 0.0982. The molecule has 160 valence electrons. The van der Waals surface area contributed by atoms with E-state index in [0.717, 1.165) is 28.5 Å². The monoisotopic (exact) mass is 425 g/mol. The summed E-state index contributed by atoms with van der Waals surface area (Å²) in [7, 11) is 0. The van der Waals surface area contributed by atoms with Crippen LogP contribution in [-0.2, 0) is 6.54 Å². The number of phenols is 2. The van der Waals surface area contributed by atoms with Crippen molar-refractivity contribution in [3.8, 4) is 22.8 Å². The molecule has 0 aliphatic rings. The van der Waals surface area contributed by atoms with Crippen molar-refractivity contribution in [2.75, 3.05) is 4.90 Å². The normalized spacial score (nSPS) is 10.7. The first-order valence-corrected chi connectivity index (χ1v) is 10.2. The Balaban J connectivity index is 1.72. The summed E-state index contributed by atoms with van der Waals surface area (Å²) in [6.07, 6.45) is 1.80. The van der Waals surface area contributed by atoms with Gasteiger partial charge < -0.3 is 15.1 Å². The van der Waals surface area contributed by atoms with Crippen LogP contribution in [-0.4, -0.2) is 26.1 Å². The fraction of sp³-hybridized carbons (Fsp3) is 0.115. The van der Waals surface area contributed by atoms with Crippen molar-refractivity contribution in [2.45, 2.75) is 20.4 Å². The third-order valence-electron chi connectivity index (χ3n) is 5.18. The van der Waals surface area contributed by atoms with Gasteiger partial charge >= 0.3 is 0 Å². The molecule has 1 aromatic heterocycles. The molecule has 6 nitrogen and oxygen atoms in total. The smallest absolute Gasteiger partial charge is 0.262 e. The van der Waals surface area contributed by atoms with E-state index in [0.29, 0.717) is 18.1 Å². The van der Waals surface area contributed by atoms with E-state index in [1.807, 2.05) is 68.4 Å². The van der Waals surface area contributed by atoms with Gasteiger partial charge in [0.15, 0.2) is 0 Å². The molecule has 0 aliphatic heterocycles. The average molecular weight is 425 g/mol. The van der Waals surface area contributed by atoms with Crippen molar-refractivity contribution in [1.29, 1.82) is 0 Å². The van der Waals surface area contributed by atoms with Gasteiger partial charge in [0.05, 0.1) is 17.8 Å². The lowest BCUT2D eigenvalue weighted by Crippen LogP contribution is -2.30. The van der Waals surface area contributed by atoms with Crippen LogP contribution in [0.3, 0.4) is 0 Å². The fourth-order valence-electron chi connectivity index (χ4n) is 3.51. The maximum absolute atomic E-state index is 13.4. The standard InChI is InChI=1S/C26H23N3O3/c1-17-15-27-18(2)28-25(17)20-8-10-21(11-9-20)29(16-19-6-4-3-5-7-19)26(32)23-13-12-22(30)14-24(23)31/h3-15,30-31H,16H2,1-2H3. The number of phenolic OH excluding ortho intramolecular Hbond substituents is 2. The molecule has 0 spiro atoms. The van der Waals surface area contributed by atoms with Gasteiger partial charge in [-0.15, -0.1) is 0 Å². The minimum Gasteiger partial charge on any atom is -0.508 e. The summed E-state index contributed by atoms with van der Waals surface area (Å²) >= 11 is 0. The summed E-state index contributed by atoms with van der Waals surface area (Å²) in [5.74, 6) is -0.0446. The molecule has 0 saturated carbocycles. The van der Waals surface area contributed by atoms with Gasteiger partial charge in [0, 0.05) is 23.5 Å². The van der Waals surface area contributed by atoms with Gasteiger partial charge in [0.25, 0.3) is 5.91 Å². The number of benzene rings is 3. The van der Waals surface area contributed by atoms with Crippen molar-refractivity contribution in [2.24, 2.45) is 0 Å². The highest BCUT2D eigenvalue weighted by Gasteiger charge is 2.21. The number of aromatic hydroxyl groups is 2. The highest BCUT2D eigenvalue weighted by Crippen LogP contribution is 2.29. The zero-order valence-electron chi connectivity index (χ0n) is 17.9. The molecule has 0 saturated heterocycles. The Morgan fingerprint density at radius 3 is 2.34 bits per heavy atom. The van der Waals surface area contributed by atoms with Crippen LogP contribution in [0.25, 0.3) is 11.3 Å². The largest absolute Gasteiger partial charge is 0.508 e. The summed E-state index contributed by atoms with van der Waals surface area (Å²) in [6, 6.07) is 21.2. The van der Waals surface area contributed by atoms with Crippen molar-refractivity contribution < 1.29 is 15.0 Å². The van der Waals surface area contributed by atoms with E-state index in [9.17, 15) is 15.0 Å². The lowest BCUT2D eigenvalue weighted by atomic mass is 10.1. The first-order valence-electron chi connectivity index (χ1n) is 10.2. The number of carbonyl (C=O) groups is 1. The highest BCUT2D eigenvalue weighted by atomic mass is 16.3. The first-order chi connectivity index (χ1) is 15.4. The Morgan fingerprint density at radius 2 is 1.66 bits per heavy atom. The predicted molar refractivity (Wildman–Crippen MR) is 124 cm³/mol. The molecule has 0 radical (unpaired) electrons. The van der Waals surface area contributed by atoms with Crippen LogP contribution >= 0.6 is 0 Å². The second kappa shape index (κ2) is 8.89. The SMILES string of the molecule is Cc1ncc(C)c(-c2ccc(N(Cc3ccccc3)C(=O)c3ccc(O)cc3O)cc2)n1. The maximum Gasteiger partial charge on any atom is 0.262 e. The van der Waals surface area contributed by atoms with Gasteiger partial charge in [-0.2, -0.15) is 0 Å². The molecule has 1 heterocycles. The summed E-state index contributed by atoms with van der Waals surface area (Å²) in [6.45, 7) is 4.13. The number of carbonyl (C=O) groups excluding carboxylic acids is 1. The number of anilines is 1. The third kappa shape index (κ3) is 4.44. The van der Waals surface area contributed by atoms with Crippen molar-refractivity contribution in [1.82, 2.24) is 9.97 Å². The predicted octanol–water partition coefficient (Wildman–Crippen LogP) is 5.02. The molecule has 0 aliphatic carbocycles. The second-order valence-electron chi connectivity index (χ2n) is 7.57. The molecule has 1 amide bonds. The molecule has 4 aromatic rings. The summed E-state index contributed by atoms with van der Waals surface area (Å²) in [4.78, 5) is 23.8. The van der Waals surface area contributed by atoms with E-state index in [1.165, 1.54) is 12.1 Å². The quantitative estimate of drug-likeness (QED) is 0.469. The Morgan fingerprint density at radius 1 is 0.938 bits per heavy atom. The summed E-state index contributed by atoms with van der Waals surface area (Å²) in [5, 5.41) is 19.8. The van der Waals surface area contributed by atoms with Crippen LogP contribution in [0.5, 0.6) is 11.5 Å². The average Bonchev–Trinajstić information content (AvgIpc) is 2.79. The van der Waals surface area contributed by atoms with Gasteiger partial charge in [-0.05, 0) is 49.2 Å². The van der Waals surface area contributed by atoms with E-state index in [4.69, 9.17) is 0 Å². The highest BCUT2D eigenvalue weighted by molar-refractivity contribution is 6.08. The van der Waals surface area contributed by atoms with Gasteiger partial charge in [-0.25, -0.2) is 9.97 Å². The lowest BCUT2D eigenvalue weighted by Gasteiger charge is -2.24. The molecule has 0 unspecified atom stereocenters. The number of hydrogen-bond donors (Lipinski definition) is 2. The number of aromatic nitrogens is 2. The Hall–Kier alpha value is -4.19. The van der Waals surface area contributed by atoms with Gasteiger partial charge in [0.1, 0.15) is 17.3 Å². The van der Waals surface area contributed by atoms with Gasteiger partial charge in [-0.1, -0.05) is 42.5 Å². The van der Waals surface area contributed by atoms with Crippen LogP contribution in [0.4, 0.5) is 5.69 Å². The molecule has 3 aromatic carbocycles. The number of amides is 1. The van der Waals surface area contributed by atoms with Gasteiger partial charge in [0.2, 0.25) is 0 Å². The topological polar surface area (TPSA) is 86.6 Å². The molecule has 0 fully saturated rings. The van der Waals surface area contributed by atoms with Crippen LogP contribution in [0, 0.1) is 13.8 Å². The molecule has 0 atom stereocenters. The maximum atomic E-state index is 13.4. The molecular formula is C26H23N3O3. The summed E-state index contributed by atoms with van der Waals surface area (Å²) < 4.78 is 0. The van der Waals surface area contributed by atoms with E-state index in [-0.39, 0.29) is 23.0 Å². The van der Waals surface area contributed by atoms with E-state index in [2.05, 4.69) is 9.97 Å². The third-order valence-corrected chi connectivity index (χ3v) is 5.18. The Bertz CT molecular complexity index is 1260. The number of rotatable bonds is 5. The Labute approximate surface area is 186 Å². The molecule has 6 heteroatoms. The second-order valence-corrected chi connectivity index (χ2v) is 7.57. The van der Waals surface area contributed by atoms with E-state index in [1.54, 1.807) is 11.1 Å². The van der Waals surface area contributed by atoms with Crippen molar-refractivity contribution in [3.63, 3.8) is 0 Å². The zero-order chi connectivity index (χ0) is 22.7. The molecule has 2 N–H and O–H groups in total. The van der Waals surface area contributed by atoms with E-state index >= 15 is 0 Å². The van der Waals surface area contributed by atoms with Crippen LogP contribution in [0.2, 0.25) is 0 Å². The molecule has 32 heavy (non-hydrogen) atoms.